The summed E-state index contributed by atoms with van der Waals surface area (Å²) in [6, 6.07) is 0. The normalized spacial score (nSPS) is 13.6. The van der Waals surface area contributed by atoms with Crippen molar-refractivity contribution >= 4 is 19.8 Å². The van der Waals surface area contributed by atoms with Gasteiger partial charge < -0.3 is 27.9 Å². The second kappa shape index (κ2) is 33.8. The van der Waals surface area contributed by atoms with Crippen LogP contribution in [0, 0.1) is 0 Å². The Morgan fingerprint density at radius 1 is 0.540 bits per heavy atom. The summed E-state index contributed by atoms with van der Waals surface area (Å²) in [6.45, 7) is 4.23. The van der Waals surface area contributed by atoms with Gasteiger partial charge in [-0.15, -0.1) is 0 Å². The third-order valence-corrected chi connectivity index (χ3v) is 10.1. The fourth-order valence-electron chi connectivity index (χ4n) is 5.83. The minimum absolute atomic E-state index is 0.0260. The fraction of sp³-hybridized carbons (Fsp3) is 0.950. The largest absolute Gasteiger partial charge is 0.756 e. The third kappa shape index (κ3) is 36.8. The molecule has 0 saturated heterocycles. The fourth-order valence-corrected chi connectivity index (χ4v) is 6.56. The van der Waals surface area contributed by atoms with Crippen LogP contribution in [0.2, 0.25) is 0 Å². The van der Waals surface area contributed by atoms with Crippen molar-refractivity contribution < 1.29 is 42.1 Å². The molecule has 0 rings (SSSR count). The maximum atomic E-state index is 12.6. The third-order valence-electron chi connectivity index (χ3n) is 9.13. The summed E-state index contributed by atoms with van der Waals surface area (Å²) in [4.78, 5) is 37.3. The predicted molar refractivity (Wildman–Crippen MR) is 204 cm³/mol. The topological polar surface area (TPSA) is 111 Å². The number of unbranched alkanes of at least 4 members (excludes halogenated alkanes) is 24. The van der Waals surface area contributed by atoms with Crippen LogP contribution < -0.4 is 4.89 Å². The van der Waals surface area contributed by atoms with Crippen LogP contribution in [0.1, 0.15) is 194 Å². The number of phosphoric ester groups is 1. The van der Waals surface area contributed by atoms with Crippen LogP contribution >= 0.6 is 7.82 Å². The number of carbonyl (C=O) groups is 2. The maximum absolute atomic E-state index is 12.6. The van der Waals surface area contributed by atoms with Crippen molar-refractivity contribution in [1.82, 2.24) is 0 Å². The van der Waals surface area contributed by atoms with E-state index in [2.05, 4.69) is 13.8 Å². The van der Waals surface area contributed by atoms with E-state index in [0.717, 1.165) is 32.1 Å². The van der Waals surface area contributed by atoms with E-state index < -0.39 is 26.5 Å². The number of nitrogens with zero attached hydrogens (tertiary/aromatic N) is 1. The average Bonchev–Trinajstić information content (AvgIpc) is 3.06. The molecule has 9 nitrogen and oxygen atoms in total. The molecule has 0 spiro atoms. The molecule has 0 aromatic rings. The summed E-state index contributed by atoms with van der Waals surface area (Å²) < 4.78 is 33.8. The molecule has 0 aliphatic carbocycles. The molecule has 0 saturated carbocycles. The van der Waals surface area contributed by atoms with Gasteiger partial charge in [0.25, 0.3) is 7.82 Å². The van der Waals surface area contributed by atoms with Crippen molar-refractivity contribution in [1.29, 1.82) is 0 Å². The zero-order valence-electron chi connectivity index (χ0n) is 33.4. The Hall–Kier alpha value is -0.990. The Balaban J connectivity index is 4.33. The summed E-state index contributed by atoms with van der Waals surface area (Å²) >= 11 is 0. The molecule has 0 heterocycles. The zero-order valence-corrected chi connectivity index (χ0v) is 34.3. The summed E-state index contributed by atoms with van der Waals surface area (Å²) in [6.07, 6.45) is 31.2. The number of hydrogen-bond acceptors (Lipinski definition) is 8. The van der Waals surface area contributed by atoms with Crippen LogP contribution in [0.5, 0.6) is 0 Å². The summed E-state index contributed by atoms with van der Waals surface area (Å²) in [5, 5.41) is 0. The zero-order chi connectivity index (χ0) is 37.2. The van der Waals surface area contributed by atoms with E-state index in [1.54, 1.807) is 0 Å². The molecule has 10 heteroatoms. The Morgan fingerprint density at radius 2 is 0.900 bits per heavy atom. The van der Waals surface area contributed by atoms with Crippen molar-refractivity contribution in [3.05, 3.63) is 0 Å². The van der Waals surface area contributed by atoms with E-state index in [9.17, 15) is 19.0 Å². The molecule has 0 aliphatic rings. The first-order valence-corrected chi connectivity index (χ1v) is 22.2. The van der Waals surface area contributed by atoms with Crippen LogP contribution in [0.4, 0.5) is 0 Å². The Kier molecular flexibility index (Phi) is 33.2. The van der Waals surface area contributed by atoms with E-state index in [1.165, 1.54) is 128 Å². The number of carbonyl (C=O) groups excluding carboxylic acids is 2. The van der Waals surface area contributed by atoms with Gasteiger partial charge >= 0.3 is 11.9 Å². The van der Waals surface area contributed by atoms with E-state index >= 15 is 0 Å². The van der Waals surface area contributed by atoms with Crippen LogP contribution in [0.25, 0.3) is 0 Å². The number of quaternary nitrogens is 1. The van der Waals surface area contributed by atoms with E-state index in [1.807, 2.05) is 21.1 Å². The van der Waals surface area contributed by atoms with Gasteiger partial charge in [0, 0.05) is 12.8 Å². The molecule has 0 aliphatic heterocycles. The van der Waals surface area contributed by atoms with Crippen LogP contribution in [-0.4, -0.2) is 70.0 Å². The molecule has 0 bridgehead atoms. The van der Waals surface area contributed by atoms with Crippen molar-refractivity contribution in [3.8, 4) is 0 Å². The van der Waals surface area contributed by atoms with Crippen LogP contribution in [0.3, 0.4) is 0 Å². The van der Waals surface area contributed by atoms with Gasteiger partial charge in [-0.2, -0.15) is 0 Å². The molecule has 0 N–H and O–H groups in total. The van der Waals surface area contributed by atoms with E-state index in [0.29, 0.717) is 17.4 Å². The van der Waals surface area contributed by atoms with Crippen LogP contribution in [-0.2, 0) is 32.7 Å². The first kappa shape index (κ1) is 49.0. The first-order valence-electron chi connectivity index (χ1n) is 20.7. The number of esters is 2. The standard InChI is InChI=1S/C40H80NO8P/c1-6-8-10-12-14-16-18-19-20-21-22-23-25-27-29-31-33-40(43)49-38(37-48-50(44,45)47-35-34-41(3,4)5)36-46-39(42)32-30-28-26-24-17-15-13-11-9-7-2/h38H,6-37H2,1-5H3/t38-/m1/s1. The van der Waals surface area contributed by atoms with Gasteiger partial charge in [-0.25, -0.2) is 0 Å². The summed E-state index contributed by atoms with van der Waals surface area (Å²) in [5.74, 6) is -0.825. The molecular formula is C40H80NO8P. The van der Waals surface area contributed by atoms with Gasteiger partial charge in [0.15, 0.2) is 6.10 Å². The minimum atomic E-state index is -4.61. The summed E-state index contributed by atoms with van der Waals surface area (Å²) in [5.41, 5.74) is 0. The number of hydrogen-bond donors (Lipinski definition) is 0. The molecule has 1 unspecified atom stereocenters. The highest BCUT2D eigenvalue weighted by Gasteiger charge is 2.21. The first-order chi connectivity index (χ1) is 24.0. The number of phosphoric acid groups is 1. The quantitative estimate of drug-likeness (QED) is 0.0267. The van der Waals surface area contributed by atoms with Crippen molar-refractivity contribution in [3.63, 3.8) is 0 Å². The summed E-state index contributed by atoms with van der Waals surface area (Å²) in [7, 11) is 1.18. The Morgan fingerprint density at radius 3 is 1.28 bits per heavy atom. The average molecular weight is 734 g/mol. The number of ether oxygens (including phenoxy) is 2. The van der Waals surface area contributed by atoms with Gasteiger partial charge in [0.1, 0.15) is 19.8 Å². The Labute approximate surface area is 308 Å². The number of rotatable bonds is 38. The van der Waals surface area contributed by atoms with Crippen molar-refractivity contribution in [2.75, 3.05) is 47.5 Å². The van der Waals surface area contributed by atoms with Crippen molar-refractivity contribution in [2.45, 2.75) is 200 Å². The molecule has 2 atom stereocenters. The molecule has 0 aromatic carbocycles. The van der Waals surface area contributed by atoms with E-state index in [-0.39, 0.29) is 32.0 Å². The lowest BCUT2D eigenvalue weighted by molar-refractivity contribution is -0.870. The highest BCUT2D eigenvalue weighted by molar-refractivity contribution is 7.45. The second-order valence-corrected chi connectivity index (χ2v) is 16.8. The van der Waals surface area contributed by atoms with Gasteiger partial charge in [-0.05, 0) is 12.8 Å². The Bertz CT molecular complexity index is 835. The molecule has 0 radical (unpaired) electrons. The minimum Gasteiger partial charge on any atom is -0.756 e. The molecule has 0 fully saturated rings. The van der Waals surface area contributed by atoms with Crippen molar-refractivity contribution in [2.24, 2.45) is 0 Å². The monoisotopic (exact) mass is 734 g/mol. The SMILES string of the molecule is CCCCCCCCCCCCCCCCCCC(=O)O[C@H](COC(=O)CCCCCCCCCCCC)COP(=O)([O-])OCC[N+](C)(C)C. The molecule has 298 valence electrons. The molecule has 50 heavy (non-hydrogen) atoms. The number of likely N-dealkylation sites (N-methyl/N-ethyl adjacent to an activating group) is 1. The smallest absolute Gasteiger partial charge is 0.306 e. The van der Waals surface area contributed by atoms with E-state index in [4.69, 9.17) is 18.5 Å². The lowest BCUT2D eigenvalue weighted by Gasteiger charge is -2.28. The van der Waals surface area contributed by atoms with Crippen LogP contribution in [0.15, 0.2) is 0 Å². The van der Waals surface area contributed by atoms with Gasteiger partial charge in [-0.1, -0.05) is 168 Å². The van der Waals surface area contributed by atoms with Gasteiger partial charge in [0.05, 0.1) is 27.7 Å². The maximum Gasteiger partial charge on any atom is 0.306 e. The molecule has 0 aromatic heterocycles. The van der Waals surface area contributed by atoms with Gasteiger partial charge in [-0.3, -0.25) is 14.2 Å². The molecule has 0 amide bonds. The highest BCUT2D eigenvalue weighted by Crippen LogP contribution is 2.38. The molecular weight excluding hydrogens is 653 g/mol. The predicted octanol–water partition coefficient (Wildman–Crippen LogP) is 10.6. The lowest BCUT2D eigenvalue weighted by Crippen LogP contribution is -2.37. The van der Waals surface area contributed by atoms with Gasteiger partial charge in [0.2, 0.25) is 0 Å². The second-order valence-electron chi connectivity index (χ2n) is 15.4. The lowest BCUT2D eigenvalue weighted by atomic mass is 10.0. The highest BCUT2D eigenvalue weighted by atomic mass is 31.2.